The molecule has 1 unspecified atom stereocenters. The molecule has 5 rings (SSSR count). The van der Waals surface area contributed by atoms with Crippen LogP contribution in [0.5, 0.6) is 0 Å². The highest BCUT2D eigenvalue weighted by atomic mass is 35.5. The standard InChI is InChI=1S/C28H23ClF5N3O3/c29-15-9-18(24(25(33)34)35-12-15)26(38)36-17-7-5-14(6-8-17)13-37-22-11-16(30)10-21(32)23(22)28(40,27(37)39)19-3-1-2-4-20(19)31/h1-4,9-12,14,17,25,40H,5-8,13H2,(H,36,38). The van der Waals surface area contributed by atoms with Gasteiger partial charge in [-0.1, -0.05) is 29.8 Å². The van der Waals surface area contributed by atoms with Crippen LogP contribution in [0.4, 0.5) is 27.6 Å². The molecule has 1 aromatic heterocycles. The molecule has 1 saturated carbocycles. The predicted molar refractivity (Wildman–Crippen MR) is 136 cm³/mol. The monoisotopic (exact) mass is 579 g/mol. The topological polar surface area (TPSA) is 82.5 Å². The minimum absolute atomic E-state index is 0.0140. The number of aromatic nitrogens is 1. The molecular formula is C28H23ClF5N3O3. The van der Waals surface area contributed by atoms with Crippen molar-refractivity contribution in [3.63, 3.8) is 0 Å². The third-order valence-electron chi connectivity index (χ3n) is 7.46. The Morgan fingerprint density at radius 3 is 2.48 bits per heavy atom. The number of hydrogen-bond donors (Lipinski definition) is 2. The van der Waals surface area contributed by atoms with Gasteiger partial charge in [0.15, 0.2) is 0 Å². The summed E-state index contributed by atoms with van der Waals surface area (Å²) in [6, 6.07) is 7.19. The first-order valence-corrected chi connectivity index (χ1v) is 12.9. The number of alkyl halides is 2. The molecule has 210 valence electrons. The summed E-state index contributed by atoms with van der Waals surface area (Å²) in [5.41, 5.74) is -4.83. The van der Waals surface area contributed by atoms with E-state index in [-0.39, 0.29) is 34.8 Å². The van der Waals surface area contributed by atoms with Crippen LogP contribution in [0.15, 0.2) is 48.7 Å². The summed E-state index contributed by atoms with van der Waals surface area (Å²) < 4.78 is 70.5. The van der Waals surface area contributed by atoms with Gasteiger partial charge in [-0.15, -0.1) is 0 Å². The third kappa shape index (κ3) is 4.92. The van der Waals surface area contributed by atoms with E-state index in [9.17, 15) is 32.3 Å². The van der Waals surface area contributed by atoms with Crippen LogP contribution in [-0.4, -0.2) is 34.5 Å². The zero-order valence-electron chi connectivity index (χ0n) is 20.8. The van der Waals surface area contributed by atoms with Gasteiger partial charge in [0.2, 0.25) is 5.60 Å². The van der Waals surface area contributed by atoms with E-state index in [1.165, 1.54) is 18.2 Å². The molecule has 2 N–H and O–H groups in total. The highest BCUT2D eigenvalue weighted by molar-refractivity contribution is 6.30. The maximum atomic E-state index is 15.0. The molecule has 3 aromatic rings. The first-order valence-electron chi connectivity index (χ1n) is 12.5. The lowest BCUT2D eigenvalue weighted by atomic mass is 9.85. The van der Waals surface area contributed by atoms with E-state index in [2.05, 4.69) is 10.3 Å². The second-order valence-electron chi connectivity index (χ2n) is 9.97. The van der Waals surface area contributed by atoms with E-state index in [1.54, 1.807) is 0 Å². The first-order chi connectivity index (χ1) is 19.0. The normalized spacial score (nSPS) is 22.5. The molecule has 2 aliphatic rings. The molecule has 2 heterocycles. The van der Waals surface area contributed by atoms with E-state index < -0.39 is 58.1 Å². The molecule has 1 fully saturated rings. The minimum Gasteiger partial charge on any atom is -0.371 e. The SMILES string of the molecule is O=C(NC1CCC(CN2C(=O)C(O)(c3ccccc3F)c3c(F)cc(F)cc32)CC1)c1cc(Cl)cnc1C(F)F. The molecular weight excluding hydrogens is 557 g/mol. The van der Waals surface area contributed by atoms with Gasteiger partial charge in [0.25, 0.3) is 18.2 Å². The average molecular weight is 580 g/mol. The molecule has 0 spiro atoms. The van der Waals surface area contributed by atoms with Gasteiger partial charge in [-0.25, -0.2) is 22.0 Å². The van der Waals surface area contributed by atoms with Crippen LogP contribution < -0.4 is 10.2 Å². The summed E-state index contributed by atoms with van der Waals surface area (Å²) in [7, 11) is 0. The van der Waals surface area contributed by atoms with Crippen molar-refractivity contribution >= 4 is 29.1 Å². The molecule has 40 heavy (non-hydrogen) atoms. The fourth-order valence-electron chi connectivity index (χ4n) is 5.54. The van der Waals surface area contributed by atoms with Gasteiger partial charge in [-0.05, 0) is 49.8 Å². The van der Waals surface area contributed by atoms with Crippen molar-refractivity contribution in [1.82, 2.24) is 10.3 Å². The number of benzene rings is 2. The number of nitrogens with zero attached hydrogens (tertiary/aromatic N) is 2. The zero-order chi connectivity index (χ0) is 28.8. The number of fused-ring (bicyclic) bond motifs is 1. The van der Waals surface area contributed by atoms with Crippen molar-refractivity contribution in [3.05, 3.63) is 93.5 Å². The second-order valence-corrected chi connectivity index (χ2v) is 10.4. The van der Waals surface area contributed by atoms with Crippen LogP contribution in [0.3, 0.4) is 0 Å². The summed E-state index contributed by atoms with van der Waals surface area (Å²) in [5, 5.41) is 14.2. The highest BCUT2D eigenvalue weighted by Crippen LogP contribution is 2.47. The molecule has 0 bridgehead atoms. The van der Waals surface area contributed by atoms with Crippen LogP contribution in [0.1, 0.15) is 59.3 Å². The Bertz CT molecular complexity index is 1480. The minimum atomic E-state index is -2.97. The number of rotatable bonds is 6. The molecule has 12 heteroatoms. The molecule has 0 saturated heterocycles. The van der Waals surface area contributed by atoms with Crippen molar-refractivity contribution in [2.24, 2.45) is 5.92 Å². The summed E-state index contributed by atoms with van der Waals surface area (Å²) in [5.74, 6) is -4.99. The Labute approximate surface area is 230 Å². The number of carbonyl (C=O) groups is 2. The number of pyridine rings is 1. The number of amides is 2. The Morgan fingerprint density at radius 2 is 1.80 bits per heavy atom. The van der Waals surface area contributed by atoms with Crippen LogP contribution in [0.2, 0.25) is 5.02 Å². The number of carbonyl (C=O) groups excluding carboxylic acids is 2. The Balaban J connectivity index is 1.32. The van der Waals surface area contributed by atoms with Crippen molar-refractivity contribution in [2.45, 2.75) is 43.8 Å². The van der Waals surface area contributed by atoms with Gasteiger partial charge in [0, 0.05) is 30.4 Å². The summed E-state index contributed by atoms with van der Waals surface area (Å²) in [6.45, 7) is -0.0140. The fourth-order valence-corrected chi connectivity index (χ4v) is 5.70. The Morgan fingerprint density at radius 1 is 1.10 bits per heavy atom. The highest BCUT2D eigenvalue weighted by Gasteiger charge is 2.54. The summed E-state index contributed by atoms with van der Waals surface area (Å²) in [6.07, 6.45) is -0.137. The van der Waals surface area contributed by atoms with Gasteiger partial charge >= 0.3 is 0 Å². The smallest absolute Gasteiger partial charge is 0.281 e. The van der Waals surface area contributed by atoms with Gasteiger partial charge in [-0.3, -0.25) is 14.6 Å². The lowest BCUT2D eigenvalue weighted by molar-refractivity contribution is -0.132. The Hall–Kier alpha value is -3.57. The number of anilines is 1. The van der Waals surface area contributed by atoms with Crippen LogP contribution in [0.25, 0.3) is 0 Å². The molecule has 1 aliphatic carbocycles. The van der Waals surface area contributed by atoms with Gasteiger partial charge in [-0.2, -0.15) is 0 Å². The van der Waals surface area contributed by atoms with Gasteiger partial charge in [0.1, 0.15) is 23.1 Å². The molecule has 0 radical (unpaired) electrons. The Kier molecular flexibility index (Phi) is 7.54. The van der Waals surface area contributed by atoms with Gasteiger partial charge in [0.05, 0.1) is 21.8 Å². The maximum Gasteiger partial charge on any atom is 0.281 e. The lowest BCUT2D eigenvalue weighted by Gasteiger charge is -2.32. The molecule has 2 amide bonds. The summed E-state index contributed by atoms with van der Waals surface area (Å²) >= 11 is 5.84. The second kappa shape index (κ2) is 10.8. The number of halogens is 6. The maximum absolute atomic E-state index is 15.0. The molecule has 1 atom stereocenters. The lowest BCUT2D eigenvalue weighted by Crippen LogP contribution is -2.45. The number of hydrogen-bond acceptors (Lipinski definition) is 4. The van der Waals surface area contributed by atoms with E-state index in [0.29, 0.717) is 31.7 Å². The van der Waals surface area contributed by atoms with Crippen LogP contribution in [0, 0.1) is 23.4 Å². The van der Waals surface area contributed by atoms with Crippen LogP contribution in [-0.2, 0) is 10.4 Å². The van der Waals surface area contributed by atoms with Crippen molar-refractivity contribution in [1.29, 1.82) is 0 Å². The fraction of sp³-hybridized carbons (Fsp3) is 0.321. The number of nitrogens with one attached hydrogen (secondary N) is 1. The molecule has 1 aliphatic heterocycles. The van der Waals surface area contributed by atoms with E-state index in [1.807, 2.05) is 0 Å². The average Bonchev–Trinajstić information content (AvgIpc) is 3.12. The third-order valence-corrected chi connectivity index (χ3v) is 7.67. The molecule has 2 aromatic carbocycles. The van der Waals surface area contributed by atoms with E-state index in [0.717, 1.165) is 29.3 Å². The molecule has 6 nitrogen and oxygen atoms in total. The van der Waals surface area contributed by atoms with E-state index in [4.69, 9.17) is 11.6 Å². The zero-order valence-corrected chi connectivity index (χ0v) is 21.6. The predicted octanol–water partition coefficient (Wildman–Crippen LogP) is 5.66. The largest absolute Gasteiger partial charge is 0.371 e. The summed E-state index contributed by atoms with van der Waals surface area (Å²) in [4.78, 5) is 30.9. The quantitative estimate of drug-likeness (QED) is 0.369. The van der Waals surface area contributed by atoms with E-state index >= 15 is 4.39 Å². The first kappa shape index (κ1) is 28.0. The van der Waals surface area contributed by atoms with Gasteiger partial charge < -0.3 is 15.3 Å². The van der Waals surface area contributed by atoms with Crippen molar-refractivity contribution < 1.29 is 36.6 Å². The van der Waals surface area contributed by atoms with Crippen molar-refractivity contribution in [2.75, 3.05) is 11.4 Å². The van der Waals surface area contributed by atoms with Crippen molar-refractivity contribution in [3.8, 4) is 0 Å². The van der Waals surface area contributed by atoms with Crippen LogP contribution >= 0.6 is 11.6 Å². The number of aliphatic hydroxyl groups is 1.